The summed E-state index contributed by atoms with van der Waals surface area (Å²) in [5.74, 6) is 0.811. The van der Waals surface area contributed by atoms with Crippen LogP contribution < -0.4 is 4.74 Å². The van der Waals surface area contributed by atoms with Crippen molar-refractivity contribution in [1.29, 1.82) is 0 Å². The van der Waals surface area contributed by atoms with Crippen LogP contribution in [-0.2, 0) is 4.79 Å². The van der Waals surface area contributed by atoms with Gasteiger partial charge in [0.15, 0.2) is 5.17 Å². The van der Waals surface area contributed by atoms with Gasteiger partial charge >= 0.3 is 0 Å². The fraction of sp³-hybridized carbons (Fsp3) is 0.238. The number of carbonyl (C=O) groups excluding carboxylic acids is 1. The number of aliphatic imine (C=N–C) groups is 1. The third-order valence-electron chi connectivity index (χ3n) is 3.91. The van der Waals surface area contributed by atoms with Crippen molar-refractivity contribution < 1.29 is 9.53 Å². The second-order valence-corrected chi connectivity index (χ2v) is 7.39. The molecule has 1 amide bonds. The maximum atomic E-state index is 12.7. The van der Waals surface area contributed by atoms with Gasteiger partial charge in [-0.2, -0.15) is 0 Å². The molecule has 1 saturated heterocycles. The molecule has 1 aliphatic rings. The fourth-order valence-corrected chi connectivity index (χ4v) is 3.72. The van der Waals surface area contributed by atoms with Gasteiger partial charge in [0, 0.05) is 11.6 Å². The Hall–Kier alpha value is -2.24. The summed E-state index contributed by atoms with van der Waals surface area (Å²) in [4.78, 5) is 19.7. The molecule has 140 valence electrons. The first-order valence-corrected chi connectivity index (χ1v) is 10.1. The molecule has 0 radical (unpaired) electrons. The Morgan fingerprint density at radius 2 is 1.81 bits per heavy atom. The molecule has 0 aliphatic carbocycles. The van der Waals surface area contributed by atoms with Gasteiger partial charge in [-0.15, -0.1) is 0 Å². The zero-order valence-corrected chi connectivity index (χ0v) is 16.9. The van der Waals surface area contributed by atoms with Gasteiger partial charge in [0.25, 0.3) is 5.91 Å². The third kappa shape index (κ3) is 4.93. The molecule has 0 spiro atoms. The Bertz CT molecular complexity index is 861. The Morgan fingerprint density at radius 3 is 2.44 bits per heavy atom. The van der Waals surface area contributed by atoms with E-state index >= 15 is 0 Å². The highest BCUT2D eigenvalue weighted by Gasteiger charge is 2.32. The average molecular weight is 401 g/mol. The summed E-state index contributed by atoms with van der Waals surface area (Å²) in [7, 11) is 0. The first kappa shape index (κ1) is 19.5. The van der Waals surface area contributed by atoms with E-state index in [1.165, 1.54) is 11.8 Å². The number of amidine groups is 1. The molecule has 1 fully saturated rings. The SMILES string of the molecule is CCCOc1ccc(/C=C2/SC(=Nc3ccc(Cl)cc3)N(CC)C2=O)cc1. The lowest BCUT2D eigenvalue weighted by Gasteiger charge is -2.11. The first-order chi connectivity index (χ1) is 13.1. The van der Waals surface area contributed by atoms with Crippen LogP contribution in [0.4, 0.5) is 5.69 Å². The highest BCUT2D eigenvalue weighted by molar-refractivity contribution is 8.18. The molecule has 4 nitrogen and oxygen atoms in total. The van der Waals surface area contributed by atoms with E-state index in [1.54, 1.807) is 17.0 Å². The van der Waals surface area contributed by atoms with E-state index in [2.05, 4.69) is 11.9 Å². The van der Waals surface area contributed by atoms with Gasteiger partial charge in [-0.1, -0.05) is 30.7 Å². The van der Waals surface area contributed by atoms with E-state index < -0.39 is 0 Å². The van der Waals surface area contributed by atoms with E-state index in [0.717, 1.165) is 23.4 Å². The number of nitrogens with zero attached hydrogens (tertiary/aromatic N) is 2. The number of carbonyl (C=O) groups is 1. The summed E-state index contributed by atoms with van der Waals surface area (Å²) in [5.41, 5.74) is 1.73. The number of likely N-dealkylation sites (N-methyl/N-ethyl adjacent to an activating group) is 1. The number of amides is 1. The second-order valence-electron chi connectivity index (χ2n) is 5.95. The zero-order valence-electron chi connectivity index (χ0n) is 15.3. The standard InChI is InChI=1S/C21H21ClN2O2S/c1-3-13-26-18-11-5-15(6-12-18)14-19-20(25)24(4-2)21(27-19)23-17-9-7-16(22)8-10-17/h5-12,14H,3-4,13H2,1-2H3/b19-14+,23-21?. The summed E-state index contributed by atoms with van der Waals surface area (Å²) in [5, 5.41) is 1.34. The van der Waals surface area contributed by atoms with Crippen LogP contribution in [0.1, 0.15) is 25.8 Å². The smallest absolute Gasteiger partial charge is 0.266 e. The normalized spacial score (nSPS) is 17.1. The van der Waals surface area contributed by atoms with E-state index in [9.17, 15) is 4.79 Å². The summed E-state index contributed by atoms with van der Waals surface area (Å²) in [6, 6.07) is 15.0. The number of hydrogen-bond acceptors (Lipinski definition) is 4. The molecule has 6 heteroatoms. The number of rotatable bonds is 6. The molecule has 1 aliphatic heterocycles. The topological polar surface area (TPSA) is 41.9 Å². The predicted molar refractivity (Wildman–Crippen MR) is 114 cm³/mol. The third-order valence-corrected chi connectivity index (χ3v) is 5.17. The summed E-state index contributed by atoms with van der Waals surface area (Å²) in [6.45, 7) is 5.28. The minimum absolute atomic E-state index is 0.0264. The lowest BCUT2D eigenvalue weighted by molar-refractivity contribution is -0.122. The lowest BCUT2D eigenvalue weighted by atomic mass is 10.2. The number of ether oxygens (including phenoxy) is 1. The molecular formula is C21H21ClN2O2S. The van der Waals surface area contributed by atoms with Crippen molar-refractivity contribution in [1.82, 2.24) is 4.90 Å². The van der Waals surface area contributed by atoms with Crippen LogP contribution in [0.5, 0.6) is 5.75 Å². The lowest BCUT2D eigenvalue weighted by Crippen LogP contribution is -2.28. The monoisotopic (exact) mass is 400 g/mol. The van der Waals surface area contributed by atoms with Crippen LogP contribution in [-0.4, -0.2) is 29.1 Å². The second kappa shape index (κ2) is 9.11. The molecule has 3 rings (SSSR count). The van der Waals surface area contributed by atoms with Gasteiger partial charge in [0.05, 0.1) is 17.2 Å². The van der Waals surface area contributed by atoms with E-state index in [1.807, 2.05) is 49.4 Å². The van der Waals surface area contributed by atoms with Gasteiger partial charge in [0.1, 0.15) is 5.75 Å². The minimum atomic E-state index is -0.0264. The van der Waals surface area contributed by atoms with Crippen molar-refractivity contribution >= 4 is 46.2 Å². The summed E-state index contributed by atoms with van der Waals surface area (Å²) >= 11 is 7.31. The molecule has 0 saturated carbocycles. The molecule has 0 N–H and O–H groups in total. The van der Waals surface area contributed by atoms with Crippen molar-refractivity contribution in [2.24, 2.45) is 4.99 Å². The molecule has 0 bridgehead atoms. The van der Waals surface area contributed by atoms with Crippen LogP contribution >= 0.6 is 23.4 Å². The largest absolute Gasteiger partial charge is 0.494 e. The maximum absolute atomic E-state index is 12.7. The van der Waals surface area contributed by atoms with Gasteiger partial charge in [0.2, 0.25) is 0 Å². The quantitative estimate of drug-likeness (QED) is 0.579. The minimum Gasteiger partial charge on any atom is -0.494 e. The van der Waals surface area contributed by atoms with E-state index in [0.29, 0.717) is 28.2 Å². The highest BCUT2D eigenvalue weighted by atomic mass is 35.5. The van der Waals surface area contributed by atoms with Gasteiger partial charge in [-0.3, -0.25) is 9.69 Å². The first-order valence-electron chi connectivity index (χ1n) is 8.89. The van der Waals surface area contributed by atoms with Gasteiger partial charge < -0.3 is 4.74 Å². The molecular weight excluding hydrogens is 380 g/mol. The Balaban J connectivity index is 1.81. The van der Waals surface area contributed by atoms with Gasteiger partial charge in [-0.05, 0) is 73.1 Å². The molecule has 0 unspecified atom stereocenters. The molecule has 1 heterocycles. The molecule has 2 aromatic rings. The average Bonchev–Trinajstić information content (AvgIpc) is 2.97. The number of hydrogen-bond donors (Lipinski definition) is 0. The molecule has 27 heavy (non-hydrogen) atoms. The summed E-state index contributed by atoms with van der Waals surface area (Å²) < 4.78 is 5.60. The Morgan fingerprint density at radius 1 is 1.11 bits per heavy atom. The van der Waals surface area contributed by atoms with Crippen LogP contribution in [0.25, 0.3) is 6.08 Å². The fourth-order valence-electron chi connectivity index (χ4n) is 2.53. The zero-order chi connectivity index (χ0) is 19.2. The maximum Gasteiger partial charge on any atom is 0.266 e. The van der Waals surface area contributed by atoms with Crippen molar-refractivity contribution in [3.8, 4) is 5.75 Å². The number of halogens is 1. The van der Waals surface area contributed by atoms with Crippen molar-refractivity contribution in [3.63, 3.8) is 0 Å². The van der Waals surface area contributed by atoms with E-state index in [4.69, 9.17) is 16.3 Å². The van der Waals surface area contributed by atoms with Crippen molar-refractivity contribution in [2.75, 3.05) is 13.2 Å². The predicted octanol–water partition coefficient (Wildman–Crippen LogP) is 5.75. The Labute approximate surface area is 168 Å². The van der Waals surface area contributed by atoms with Crippen molar-refractivity contribution in [2.45, 2.75) is 20.3 Å². The number of benzene rings is 2. The van der Waals surface area contributed by atoms with E-state index in [-0.39, 0.29) is 5.91 Å². The molecule has 0 atom stereocenters. The van der Waals surface area contributed by atoms with Crippen molar-refractivity contribution in [3.05, 3.63) is 64.0 Å². The number of thioether (sulfide) groups is 1. The summed E-state index contributed by atoms with van der Waals surface area (Å²) in [6.07, 6.45) is 2.86. The van der Waals surface area contributed by atoms with Crippen LogP contribution in [0.2, 0.25) is 5.02 Å². The van der Waals surface area contributed by atoms with Crippen LogP contribution in [0.3, 0.4) is 0 Å². The Kier molecular flexibility index (Phi) is 6.58. The van der Waals surface area contributed by atoms with Gasteiger partial charge in [-0.25, -0.2) is 4.99 Å². The van der Waals surface area contributed by atoms with Crippen LogP contribution in [0.15, 0.2) is 58.4 Å². The van der Waals surface area contributed by atoms with Crippen LogP contribution in [0, 0.1) is 0 Å². The molecule has 2 aromatic carbocycles. The highest BCUT2D eigenvalue weighted by Crippen LogP contribution is 2.34. The molecule has 0 aromatic heterocycles.